The van der Waals surface area contributed by atoms with Crippen LogP contribution >= 0.6 is 22.9 Å². The average molecular weight is 403 g/mol. The van der Waals surface area contributed by atoms with Crippen LogP contribution in [0.3, 0.4) is 0 Å². The van der Waals surface area contributed by atoms with Crippen LogP contribution in [0.1, 0.15) is 25.6 Å². The van der Waals surface area contributed by atoms with Gasteiger partial charge >= 0.3 is 0 Å². The summed E-state index contributed by atoms with van der Waals surface area (Å²) in [5, 5.41) is 4.84. The van der Waals surface area contributed by atoms with Gasteiger partial charge in [0.2, 0.25) is 0 Å². The van der Waals surface area contributed by atoms with E-state index >= 15 is 0 Å². The molecule has 0 bridgehead atoms. The number of thiophene rings is 1. The minimum atomic E-state index is -0.364. The van der Waals surface area contributed by atoms with E-state index in [2.05, 4.69) is 5.32 Å². The van der Waals surface area contributed by atoms with Crippen molar-refractivity contribution < 1.29 is 14.0 Å². The Morgan fingerprint density at radius 2 is 1.93 bits per heavy atom. The molecule has 0 aliphatic rings. The normalized spacial score (nSPS) is 10.5. The van der Waals surface area contributed by atoms with E-state index in [0.29, 0.717) is 26.7 Å². The Balaban J connectivity index is 1.77. The molecule has 0 saturated heterocycles. The smallest absolute Gasteiger partial charge is 0.265 e. The third kappa shape index (κ3) is 4.53. The minimum absolute atomic E-state index is 0.130. The maximum Gasteiger partial charge on any atom is 0.265 e. The fraction of sp³-hybridized carbons (Fsp3) is 0.100. The summed E-state index contributed by atoms with van der Waals surface area (Å²) < 4.78 is 13.8. The van der Waals surface area contributed by atoms with Gasteiger partial charge in [0, 0.05) is 24.7 Å². The zero-order valence-corrected chi connectivity index (χ0v) is 16.0. The van der Waals surface area contributed by atoms with Crippen molar-refractivity contribution in [3.8, 4) is 0 Å². The molecule has 0 spiro atoms. The summed E-state index contributed by atoms with van der Waals surface area (Å²) in [5.74, 6) is -0.963. The lowest BCUT2D eigenvalue weighted by molar-refractivity contribution is 0.0783. The van der Waals surface area contributed by atoms with Crippen LogP contribution in [0.15, 0.2) is 60.0 Å². The lowest BCUT2D eigenvalue weighted by Gasteiger charge is -2.18. The highest BCUT2D eigenvalue weighted by molar-refractivity contribution is 7.12. The molecule has 3 rings (SSSR count). The number of amides is 2. The molecule has 1 aromatic heterocycles. The molecule has 0 aliphatic carbocycles. The molecule has 2 aromatic carbocycles. The van der Waals surface area contributed by atoms with Crippen molar-refractivity contribution >= 4 is 40.4 Å². The third-order valence-corrected chi connectivity index (χ3v) is 5.12. The van der Waals surface area contributed by atoms with Crippen molar-refractivity contribution in [1.29, 1.82) is 0 Å². The maximum atomic E-state index is 13.8. The number of hydrogen-bond donors (Lipinski definition) is 1. The molecular weight excluding hydrogens is 387 g/mol. The standard InChI is InChI=1S/C20H16ClFN2O2S/c1-24(12-14-5-2-3-6-16(14)22)20(26)13-8-9-15(21)17(11-13)23-19(25)18-7-4-10-27-18/h2-11H,12H2,1H3,(H,23,25). The summed E-state index contributed by atoms with van der Waals surface area (Å²) in [5.41, 5.74) is 1.12. The molecule has 0 radical (unpaired) electrons. The number of carbonyl (C=O) groups is 2. The highest BCUT2D eigenvalue weighted by Crippen LogP contribution is 2.25. The second-order valence-electron chi connectivity index (χ2n) is 5.88. The SMILES string of the molecule is CN(Cc1ccccc1F)C(=O)c1ccc(Cl)c(NC(=O)c2cccs2)c1. The molecule has 0 aliphatic heterocycles. The largest absolute Gasteiger partial charge is 0.337 e. The zero-order chi connectivity index (χ0) is 19.4. The fourth-order valence-electron chi connectivity index (χ4n) is 2.52. The van der Waals surface area contributed by atoms with Crippen molar-refractivity contribution in [2.24, 2.45) is 0 Å². The molecule has 0 atom stereocenters. The molecule has 0 unspecified atom stereocenters. The minimum Gasteiger partial charge on any atom is -0.337 e. The number of halogens is 2. The van der Waals surface area contributed by atoms with E-state index in [4.69, 9.17) is 11.6 Å². The van der Waals surface area contributed by atoms with Gasteiger partial charge in [-0.1, -0.05) is 35.9 Å². The highest BCUT2D eigenvalue weighted by atomic mass is 35.5. The van der Waals surface area contributed by atoms with E-state index in [-0.39, 0.29) is 24.2 Å². The summed E-state index contributed by atoms with van der Waals surface area (Å²) in [6.07, 6.45) is 0. The van der Waals surface area contributed by atoms with Gasteiger partial charge < -0.3 is 10.2 Å². The maximum absolute atomic E-state index is 13.8. The first-order valence-electron chi connectivity index (χ1n) is 8.09. The van der Waals surface area contributed by atoms with Crippen molar-refractivity contribution in [3.63, 3.8) is 0 Å². The second-order valence-corrected chi connectivity index (χ2v) is 7.23. The van der Waals surface area contributed by atoms with Crippen LogP contribution in [-0.4, -0.2) is 23.8 Å². The molecule has 3 aromatic rings. The van der Waals surface area contributed by atoms with Gasteiger partial charge in [-0.2, -0.15) is 0 Å². The van der Waals surface area contributed by atoms with E-state index in [0.717, 1.165) is 0 Å². The molecule has 2 amide bonds. The number of nitrogens with one attached hydrogen (secondary N) is 1. The van der Waals surface area contributed by atoms with Crippen molar-refractivity contribution in [2.45, 2.75) is 6.54 Å². The number of benzene rings is 2. The van der Waals surface area contributed by atoms with Gasteiger partial charge in [-0.15, -0.1) is 11.3 Å². The molecule has 27 heavy (non-hydrogen) atoms. The van der Waals surface area contributed by atoms with Gasteiger partial charge in [-0.3, -0.25) is 9.59 Å². The van der Waals surface area contributed by atoms with Crippen LogP contribution in [0.4, 0.5) is 10.1 Å². The lowest BCUT2D eigenvalue weighted by atomic mass is 10.1. The van der Waals surface area contributed by atoms with Crippen LogP contribution in [0.2, 0.25) is 5.02 Å². The summed E-state index contributed by atoms with van der Waals surface area (Å²) in [7, 11) is 1.59. The van der Waals surface area contributed by atoms with Crippen LogP contribution < -0.4 is 5.32 Å². The molecule has 138 valence electrons. The topological polar surface area (TPSA) is 49.4 Å². The first-order valence-corrected chi connectivity index (χ1v) is 9.34. The molecule has 1 heterocycles. The third-order valence-electron chi connectivity index (χ3n) is 3.92. The van der Waals surface area contributed by atoms with E-state index in [9.17, 15) is 14.0 Å². The lowest BCUT2D eigenvalue weighted by Crippen LogP contribution is -2.26. The first-order chi connectivity index (χ1) is 13.0. The molecule has 4 nitrogen and oxygen atoms in total. The Hall–Kier alpha value is -2.70. The predicted octanol–water partition coefficient (Wildman–Crippen LogP) is 5.07. The Kier molecular flexibility index (Phi) is 5.88. The zero-order valence-electron chi connectivity index (χ0n) is 14.4. The van der Waals surface area contributed by atoms with Crippen molar-refractivity contribution in [1.82, 2.24) is 4.90 Å². The molecule has 0 saturated carbocycles. The van der Waals surface area contributed by atoms with Crippen LogP contribution in [-0.2, 0) is 6.54 Å². The van der Waals surface area contributed by atoms with Gasteiger partial charge in [0.1, 0.15) is 5.82 Å². The monoisotopic (exact) mass is 402 g/mol. The van der Waals surface area contributed by atoms with Crippen LogP contribution in [0.5, 0.6) is 0 Å². The number of anilines is 1. The van der Waals surface area contributed by atoms with Crippen LogP contribution in [0.25, 0.3) is 0 Å². The Morgan fingerprint density at radius 1 is 1.15 bits per heavy atom. The summed E-state index contributed by atoms with van der Waals surface area (Å²) in [6.45, 7) is 0.130. The number of rotatable bonds is 5. The molecule has 7 heteroatoms. The Labute approximate surface area is 165 Å². The van der Waals surface area contributed by atoms with Crippen molar-refractivity contribution in [3.05, 3.63) is 86.8 Å². The number of nitrogens with zero attached hydrogens (tertiary/aromatic N) is 1. The van der Waals surface area contributed by atoms with Gasteiger partial charge in [-0.05, 0) is 35.7 Å². The summed E-state index contributed by atoms with van der Waals surface area (Å²) in [4.78, 5) is 26.9. The van der Waals surface area contributed by atoms with Gasteiger partial charge in [-0.25, -0.2) is 4.39 Å². The highest BCUT2D eigenvalue weighted by Gasteiger charge is 2.16. The van der Waals surface area contributed by atoms with E-state index in [1.54, 1.807) is 54.9 Å². The molecule has 0 fully saturated rings. The average Bonchev–Trinajstić information content (AvgIpc) is 3.19. The Bertz CT molecular complexity index is 976. The quantitative estimate of drug-likeness (QED) is 0.648. The fourth-order valence-corrected chi connectivity index (χ4v) is 3.30. The number of carbonyl (C=O) groups excluding carboxylic acids is 2. The predicted molar refractivity (Wildman–Crippen MR) is 106 cm³/mol. The van der Waals surface area contributed by atoms with Gasteiger partial charge in [0.05, 0.1) is 15.6 Å². The summed E-state index contributed by atoms with van der Waals surface area (Å²) >= 11 is 7.46. The molecular formula is C20H16ClFN2O2S. The van der Waals surface area contributed by atoms with E-state index in [1.807, 2.05) is 0 Å². The number of hydrogen-bond acceptors (Lipinski definition) is 3. The van der Waals surface area contributed by atoms with E-state index < -0.39 is 0 Å². The second kappa shape index (κ2) is 8.33. The summed E-state index contributed by atoms with van der Waals surface area (Å²) in [6, 6.07) is 14.4. The first kappa shape index (κ1) is 19.1. The van der Waals surface area contributed by atoms with Crippen LogP contribution in [0, 0.1) is 5.82 Å². The Morgan fingerprint density at radius 3 is 2.63 bits per heavy atom. The van der Waals surface area contributed by atoms with Gasteiger partial charge in [0.25, 0.3) is 11.8 Å². The van der Waals surface area contributed by atoms with Gasteiger partial charge in [0.15, 0.2) is 0 Å². The van der Waals surface area contributed by atoms with E-state index in [1.165, 1.54) is 28.4 Å². The molecule has 1 N–H and O–H groups in total. The van der Waals surface area contributed by atoms with Crippen molar-refractivity contribution in [2.75, 3.05) is 12.4 Å².